The molecular formula is C36H23N3. The van der Waals surface area contributed by atoms with Gasteiger partial charge in [0.15, 0.2) is 5.82 Å². The minimum absolute atomic E-state index is 0.0301. The molecule has 3 heteroatoms. The SMILES string of the molecule is [2H]c1c([2H])c([2H])c(-c2nc(-n3c4ccccc4c4cc5ccccc5cc43)c3cc(-c4ccccc4)ccc3n2)c([2H])c1[2H]. The first-order valence-electron chi connectivity index (χ1n) is 15.3. The van der Waals surface area contributed by atoms with Crippen molar-refractivity contribution in [3.05, 3.63) is 139 Å². The van der Waals surface area contributed by atoms with Crippen LogP contribution in [0.1, 0.15) is 6.85 Å². The summed E-state index contributed by atoms with van der Waals surface area (Å²) in [5.74, 6) is 0.639. The predicted molar refractivity (Wildman–Crippen MR) is 162 cm³/mol. The van der Waals surface area contributed by atoms with Crippen LogP contribution in [-0.4, -0.2) is 14.5 Å². The molecule has 0 unspecified atom stereocenters. The first-order chi connectivity index (χ1) is 21.4. The Morgan fingerprint density at radius 1 is 0.513 bits per heavy atom. The van der Waals surface area contributed by atoms with Crippen LogP contribution in [0.2, 0.25) is 0 Å². The van der Waals surface area contributed by atoms with E-state index in [1.807, 2.05) is 54.6 Å². The lowest BCUT2D eigenvalue weighted by molar-refractivity contribution is 1.08. The van der Waals surface area contributed by atoms with E-state index >= 15 is 0 Å². The molecule has 2 aromatic heterocycles. The summed E-state index contributed by atoms with van der Waals surface area (Å²) in [5.41, 5.74) is 4.49. The van der Waals surface area contributed by atoms with E-state index in [0.29, 0.717) is 11.3 Å². The number of hydrogen-bond acceptors (Lipinski definition) is 2. The largest absolute Gasteiger partial charge is 0.293 e. The zero-order valence-corrected chi connectivity index (χ0v) is 20.7. The minimum atomic E-state index is -0.452. The average molecular weight is 503 g/mol. The number of fused-ring (bicyclic) bond motifs is 5. The average Bonchev–Trinajstić information content (AvgIpc) is 3.38. The van der Waals surface area contributed by atoms with E-state index in [4.69, 9.17) is 16.8 Å². The molecule has 0 saturated carbocycles. The minimum Gasteiger partial charge on any atom is -0.293 e. The lowest BCUT2D eigenvalue weighted by atomic mass is 10.0. The number of aromatic nitrogens is 3. The lowest BCUT2D eigenvalue weighted by Gasteiger charge is -2.14. The van der Waals surface area contributed by atoms with E-state index in [-0.39, 0.29) is 23.5 Å². The summed E-state index contributed by atoms with van der Waals surface area (Å²) in [7, 11) is 0. The molecule has 0 aliphatic rings. The van der Waals surface area contributed by atoms with Crippen molar-refractivity contribution < 1.29 is 6.85 Å². The molecule has 182 valence electrons. The summed E-state index contributed by atoms with van der Waals surface area (Å²) in [5, 5.41) is 5.11. The van der Waals surface area contributed by atoms with Gasteiger partial charge in [-0.3, -0.25) is 4.57 Å². The molecule has 6 aromatic carbocycles. The molecule has 2 heterocycles. The summed E-state index contributed by atoms with van der Waals surface area (Å²) < 4.78 is 44.1. The molecule has 0 radical (unpaired) electrons. The molecule has 0 N–H and O–H groups in total. The fourth-order valence-electron chi connectivity index (χ4n) is 5.45. The van der Waals surface area contributed by atoms with Crippen LogP contribution in [0.3, 0.4) is 0 Å². The Hall–Kier alpha value is -5.28. The summed E-state index contributed by atoms with van der Waals surface area (Å²) in [6.07, 6.45) is 0. The number of para-hydroxylation sites is 1. The monoisotopic (exact) mass is 502 g/mol. The van der Waals surface area contributed by atoms with E-state index in [0.717, 1.165) is 49.1 Å². The van der Waals surface area contributed by atoms with Crippen LogP contribution in [-0.2, 0) is 0 Å². The van der Waals surface area contributed by atoms with Crippen LogP contribution in [0.4, 0.5) is 0 Å². The first-order valence-corrected chi connectivity index (χ1v) is 12.8. The molecule has 8 rings (SSSR count). The van der Waals surface area contributed by atoms with Crippen molar-refractivity contribution in [3.63, 3.8) is 0 Å². The highest BCUT2D eigenvalue weighted by molar-refractivity contribution is 6.14. The second kappa shape index (κ2) is 8.64. The van der Waals surface area contributed by atoms with Gasteiger partial charge in [0, 0.05) is 21.7 Å². The first kappa shape index (κ1) is 17.3. The maximum absolute atomic E-state index is 8.67. The molecule has 0 bridgehead atoms. The zero-order valence-electron chi connectivity index (χ0n) is 25.7. The van der Waals surface area contributed by atoms with E-state index < -0.39 is 18.1 Å². The van der Waals surface area contributed by atoms with Gasteiger partial charge in [-0.1, -0.05) is 109 Å². The normalized spacial score (nSPS) is 13.4. The molecule has 8 aromatic rings. The van der Waals surface area contributed by atoms with Crippen LogP contribution in [0.15, 0.2) is 139 Å². The molecule has 3 nitrogen and oxygen atoms in total. The third-order valence-corrected chi connectivity index (χ3v) is 7.26. The Morgan fingerprint density at radius 2 is 1.26 bits per heavy atom. The highest BCUT2D eigenvalue weighted by Crippen LogP contribution is 2.37. The van der Waals surface area contributed by atoms with E-state index in [1.165, 1.54) is 0 Å². The van der Waals surface area contributed by atoms with Crippen molar-refractivity contribution in [2.24, 2.45) is 0 Å². The molecule has 39 heavy (non-hydrogen) atoms. The second-order valence-electron chi connectivity index (χ2n) is 9.54. The van der Waals surface area contributed by atoms with E-state index in [2.05, 4.69) is 59.2 Å². The van der Waals surface area contributed by atoms with Gasteiger partial charge in [-0.05, 0) is 52.2 Å². The topological polar surface area (TPSA) is 30.7 Å². The van der Waals surface area contributed by atoms with Gasteiger partial charge in [0.2, 0.25) is 0 Å². The summed E-state index contributed by atoms with van der Waals surface area (Å²) in [6.45, 7) is 0. The Kier molecular flexibility index (Phi) is 3.83. The van der Waals surface area contributed by atoms with Crippen molar-refractivity contribution in [3.8, 4) is 28.3 Å². The summed E-state index contributed by atoms with van der Waals surface area (Å²) in [6, 6.07) is 34.8. The molecule has 0 fully saturated rings. The van der Waals surface area contributed by atoms with Gasteiger partial charge in [0.1, 0.15) is 5.82 Å². The summed E-state index contributed by atoms with van der Waals surface area (Å²) in [4.78, 5) is 9.85. The Bertz CT molecular complexity index is 2420. The van der Waals surface area contributed by atoms with Crippen molar-refractivity contribution in [1.29, 1.82) is 0 Å². The molecule has 0 aliphatic heterocycles. The smallest absolute Gasteiger partial charge is 0.162 e. The Morgan fingerprint density at radius 3 is 2.10 bits per heavy atom. The fourth-order valence-corrected chi connectivity index (χ4v) is 5.45. The fraction of sp³-hybridized carbons (Fsp3) is 0. The quantitative estimate of drug-likeness (QED) is 0.241. The van der Waals surface area contributed by atoms with Gasteiger partial charge in [-0.25, -0.2) is 9.97 Å². The third kappa shape index (κ3) is 3.52. The van der Waals surface area contributed by atoms with Crippen LogP contribution in [0, 0.1) is 0 Å². The summed E-state index contributed by atoms with van der Waals surface area (Å²) >= 11 is 0. The van der Waals surface area contributed by atoms with Gasteiger partial charge >= 0.3 is 0 Å². The third-order valence-electron chi connectivity index (χ3n) is 7.26. The molecule has 0 atom stereocenters. The van der Waals surface area contributed by atoms with Crippen LogP contribution in [0.5, 0.6) is 0 Å². The van der Waals surface area contributed by atoms with Crippen LogP contribution in [0.25, 0.3) is 71.8 Å². The second-order valence-corrected chi connectivity index (χ2v) is 9.54. The lowest BCUT2D eigenvalue weighted by Crippen LogP contribution is -2.03. The highest BCUT2D eigenvalue weighted by Gasteiger charge is 2.18. The Balaban J connectivity index is 1.54. The van der Waals surface area contributed by atoms with Gasteiger partial charge < -0.3 is 0 Å². The van der Waals surface area contributed by atoms with Crippen LogP contribution < -0.4 is 0 Å². The zero-order chi connectivity index (χ0) is 30.1. The van der Waals surface area contributed by atoms with Gasteiger partial charge in [0.25, 0.3) is 0 Å². The van der Waals surface area contributed by atoms with E-state index in [9.17, 15) is 0 Å². The molecule has 0 aliphatic carbocycles. The van der Waals surface area contributed by atoms with E-state index in [1.54, 1.807) is 0 Å². The number of nitrogens with zero attached hydrogens (tertiary/aromatic N) is 3. The van der Waals surface area contributed by atoms with Crippen molar-refractivity contribution in [2.45, 2.75) is 0 Å². The van der Waals surface area contributed by atoms with Crippen LogP contribution >= 0.6 is 0 Å². The standard InChI is InChI=1S/C36H23N3/c1-3-11-24(12-4-1)28-19-20-32-31(22-28)36(38-35(37-32)25-13-5-2-6-14-25)39-33-18-10-9-17-29(33)30-21-26-15-7-8-16-27(26)23-34(30)39/h1-23H/i2D,5D,6D,13D,14D. The molecule has 0 spiro atoms. The number of hydrogen-bond donors (Lipinski definition) is 0. The predicted octanol–water partition coefficient (Wildman–Crippen LogP) is 9.21. The van der Waals surface area contributed by atoms with Gasteiger partial charge in [-0.15, -0.1) is 0 Å². The maximum Gasteiger partial charge on any atom is 0.162 e. The van der Waals surface area contributed by atoms with Gasteiger partial charge in [-0.2, -0.15) is 0 Å². The van der Waals surface area contributed by atoms with Crippen molar-refractivity contribution in [1.82, 2.24) is 14.5 Å². The number of rotatable bonds is 3. The molecule has 0 saturated heterocycles. The highest BCUT2D eigenvalue weighted by atomic mass is 15.1. The van der Waals surface area contributed by atoms with Crippen molar-refractivity contribution in [2.75, 3.05) is 0 Å². The number of benzene rings is 6. The molecule has 0 amide bonds. The molecular weight excluding hydrogens is 474 g/mol. The van der Waals surface area contributed by atoms with Crippen molar-refractivity contribution >= 4 is 43.5 Å². The maximum atomic E-state index is 8.67. The van der Waals surface area contributed by atoms with Gasteiger partial charge in [0.05, 0.1) is 23.4 Å². The Labute approximate surface area is 232 Å².